The summed E-state index contributed by atoms with van der Waals surface area (Å²) in [6, 6.07) is 8.75. The van der Waals surface area contributed by atoms with Gasteiger partial charge in [-0.1, -0.05) is 18.2 Å². The van der Waals surface area contributed by atoms with Gasteiger partial charge in [0.05, 0.1) is 31.1 Å². The van der Waals surface area contributed by atoms with Crippen molar-refractivity contribution in [1.29, 1.82) is 0 Å². The average Bonchev–Trinajstić information content (AvgIpc) is 3.38. The number of H-pyrrole nitrogens is 1. The minimum Gasteiger partial charge on any atom is -0.496 e. The van der Waals surface area contributed by atoms with Crippen molar-refractivity contribution >= 4 is 5.78 Å². The molecule has 0 spiro atoms. The number of aromatic amines is 1. The second-order valence-electron chi connectivity index (χ2n) is 6.99. The van der Waals surface area contributed by atoms with Crippen molar-refractivity contribution in [3.63, 3.8) is 0 Å². The molecular weight excluding hydrogens is 423 g/mol. The predicted octanol–water partition coefficient (Wildman–Crippen LogP) is 4.62. The van der Waals surface area contributed by atoms with Gasteiger partial charge in [0.1, 0.15) is 5.75 Å². The van der Waals surface area contributed by atoms with Gasteiger partial charge in [-0.25, -0.2) is 9.97 Å². The van der Waals surface area contributed by atoms with E-state index in [2.05, 4.69) is 20.1 Å². The number of hydrogen-bond donors (Lipinski definition) is 1. The fourth-order valence-corrected chi connectivity index (χ4v) is 3.57. The number of ketones is 1. The van der Waals surface area contributed by atoms with Crippen LogP contribution in [0.4, 0.5) is 13.2 Å². The van der Waals surface area contributed by atoms with Crippen molar-refractivity contribution in [2.45, 2.75) is 19.6 Å². The highest BCUT2D eigenvalue weighted by molar-refractivity contribution is 5.93. The summed E-state index contributed by atoms with van der Waals surface area (Å²) in [6.07, 6.45) is 0.952. The molecule has 3 aromatic heterocycles. The summed E-state index contributed by atoms with van der Waals surface area (Å²) in [7, 11) is 1.51. The number of halogens is 3. The highest BCUT2D eigenvalue weighted by Crippen LogP contribution is 2.44. The van der Waals surface area contributed by atoms with Crippen LogP contribution in [0, 0.1) is 0 Å². The van der Waals surface area contributed by atoms with Gasteiger partial charge >= 0.3 is 6.18 Å². The maximum Gasteiger partial charge on any atom is 0.433 e. The van der Waals surface area contributed by atoms with Gasteiger partial charge in [-0.05, 0) is 19.1 Å². The Bertz CT molecular complexity index is 1260. The van der Waals surface area contributed by atoms with Crippen molar-refractivity contribution in [2.24, 2.45) is 0 Å². The van der Waals surface area contributed by atoms with Crippen LogP contribution in [0.5, 0.6) is 5.75 Å². The molecule has 4 rings (SSSR count). The lowest BCUT2D eigenvalue weighted by Gasteiger charge is -2.13. The smallest absolute Gasteiger partial charge is 0.433 e. The van der Waals surface area contributed by atoms with Gasteiger partial charge in [-0.2, -0.15) is 18.3 Å². The van der Waals surface area contributed by atoms with E-state index in [0.717, 1.165) is 6.20 Å². The number of hydrogen-bond acceptors (Lipinski definition) is 5. The number of benzene rings is 1. The van der Waals surface area contributed by atoms with Gasteiger partial charge in [0.2, 0.25) is 0 Å². The number of methoxy groups -OCH3 is 1. The molecule has 0 aliphatic heterocycles. The largest absolute Gasteiger partial charge is 0.496 e. The number of para-hydroxylation sites is 1. The Labute approximate surface area is 180 Å². The van der Waals surface area contributed by atoms with E-state index in [1.807, 2.05) is 0 Å². The average molecular weight is 441 g/mol. The molecule has 0 aliphatic rings. The Hall–Kier alpha value is -3.95. The summed E-state index contributed by atoms with van der Waals surface area (Å²) >= 11 is 0. The molecule has 4 aromatic rings. The first-order chi connectivity index (χ1) is 15.3. The summed E-state index contributed by atoms with van der Waals surface area (Å²) in [6.45, 7) is 0.714. The number of rotatable bonds is 6. The number of alkyl halides is 3. The Morgan fingerprint density at radius 2 is 1.81 bits per heavy atom. The van der Waals surface area contributed by atoms with Gasteiger partial charge in [0, 0.05) is 35.3 Å². The van der Waals surface area contributed by atoms with E-state index in [-0.39, 0.29) is 17.1 Å². The number of ether oxygens (including phenoxy) is 1. The van der Waals surface area contributed by atoms with E-state index >= 15 is 0 Å². The van der Waals surface area contributed by atoms with E-state index in [4.69, 9.17) is 4.74 Å². The summed E-state index contributed by atoms with van der Waals surface area (Å²) in [5, 5.41) is 3.84. The quantitative estimate of drug-likeness (QED) is 0.472. The zero-order chi connectivity index (χ0) is 22.9. The Morgan fingerprint density at radius 3 is 2.47 bits per heavy atom. The Kier molecular flexibility index (Phi) is 5.52. The molecule has 32 heavy (non-hydrogen) atoms. The van der Waals surface area contributed by atoms with Crippen LogP contribution in [0.1, 0.15) is 12.6 Å². The molecular formula is C22H18F3N5O2. The lowest BCUT2D eigenvalue weighted by Crippen LogP contribution is -2.18. The highest BCUT2D eigenvalue weighted by atomic mass is 19.4. The maximum atomic E-state index is 14.0. The van der Waals surface area contributed by atoms with Crippen LogP contribution in [0.25, 0.3) is 33.8 Å². The second-order valence-corrected chi connectivity index (χ2v) is 6.99. The fourth-order valence-electron chi connectivity index (χ4n) is 3.57. The Balaban J connectivity index is 2.01. The standard InChI is InChI=1S/C22H18F3N5O2/c1-13(31)12-30-20(22(23,24)25)16(11-29-30)19-18(21-26-8-5-9-27-21)15(10-28-19)14-6-3-4-7-17(14)32-2/h3-11,28H,12H2,1-2H3. The van der Waals surface area contributed by atoms with Crippen LogP contribution in [0.3, 0.4) is 0 Å². The molecule has 10 heteroatoms. The molecule has 7 nitrogen and oxygen atoms in total. The molecule has 0 saturated carbocycles. The molecule has 0 radical (unpaired) electrons. The van der Waals surface area contributed by atoms with E-state index < -0.39 is 24.2 Å². The van der Waals surface area contributed by atoms with Gasteiger partial charge < -0.3 is 9.72 Å². The van der Waals surface area contributed by atoms with Crippen LogP contribution in [-0.2, 0) is 17.5 Å². The number of nitrogens with one attached hydrogen (secondary N) is 1. The molecule has 1 aromatic carbocycles. The second kappa shape index (κ2) is 8.29. The van der Waals surface area contributed by atoms with Crippen molar-refractivity contribution in [3.05, 3.63) is 60.8 Å². The molecule has 164 valence electrons. The van der Waals surface area contributed by atoms with Crippen molar-refractivity contribution < 1.29 is 22.7 Å². The number of carbonyl (C=O) groups is 1. The summed E-state index contributed by atoms with van der Waals surface area (Å²) in [4.78, 5) is 23.0. The third-order valence-corrected chi connectivity index (χ3v) is 4.82. The molecule has 3 heterocycles. The SMILES string of the molecule is COc1ccccc1-c1c[nH]c(-c2cnn(CC(C)=O)c2C(F)(F)F)c1-c1ncccn1. The van der Waals surface area contributed by atoms with E-state index in [0.29, 0.717) is 27.1 Å². The van der Waals surface area contributed by atoms with Crippen LogP contribution in [0.15, 0.2) is 55.1 Å². The summed E-state index contributed by atoms with van der Waals surface area (Å²) in [5.41, 5.74) is 0.489. The normalized spacial score (nSPS) is 11.5. The zero-order valence-electron chi connectivity index (χ0n) is 17.1. The maximum absolute atomic E-state index is 14.0. The summed E-state index contributed by atoms with van der Waals surface area (Å²) in [5.74, 6) is 0.327. The van der Waals surface area contributed by atoms with Crippen LogP contribution >= 0.6 is 0 Å². The molecule has 0 saturated heterocycles. The van der Waals surface area contributed by atoms with E-state index in [1.165, 1.54) is 26.4 Å². The highest BCUT2D eigenvalue weighted by Gasteiger charge is 2.40. The zero-order valence-corrected chi connectivity index (χ0v) is 17.1. The van der Waals surface area contributed by atoms with Crippen LogP contribution in [-0.4, -0.2) is 37.6 Å². The van der Waals surface area contributed by atoms with Gasteiger partial charge in [-0.3, -0.25) is 9.48 Å². The Morgan fingerprint density at radius 1 is 1.09 bits per heavy atom. The van der Waals surface area contributed by atoms with Crippen LogP contribution in [0.2, 0.25) is 0 Å². The van der Waals surface area contributed by atoms with E-state index in [9.17, 15) is 18.0 Å². The van der Waals surface area contributed by atoms with Crippen LogP contribution < -0.4 is 4.74 Å². The van der Waals surface area contributed by atoms with Crippen molar-refractivity contribution in [3.8, 4) is 39.5 Å². The van der Waals surface area contributed by atoms with Gasteiger partial charge in [0.15, 0.2) is 17.3 Å². The van der Waals surface area contributed by atoms with E-state index in [1.54, 1.807) is 36.5 Å². The first kappa shape index (κ1) is 21.3. The molecule has 0 unspecified atom stereocenters. The first-order valence-electron chi connectivity index (χ1n) is 9.56. The van der Waals surface area contributed by atoms with Crippen molar-refractivity contribution in [1.82, 2.24) is 24.7 Å². The molecule has 0 amide bonds. The van der Waals surface area contributed by atoms with Crippen molar-refractivity contribution in [2.75, 3.05) is 7.11 Å². The predicted molar refractivity (Wildman–Crippen MR) is 111 cm³/mol. The monoisotopic (exact) mass is 441 g/mol. The number of nitrogens with zero attached hydrogens (tertiary/aromatic N) is 4. The van der Waals surface area contributed by atoms with Gasteiger partial charge in [0.25, 0.3) is 0 Å². The third kappa shape index (κ3) is 3.86. The first-order valence-corrected chi connectivity index (χ1v) is 9.56. The molecule has 1 N–H and O–H groups in total. The number of aromatic nitrogens is 5. The third-order valence-electron chi connectivity index (χ3n) is 4.82. The number of carbonyl (C=O) groups excluding carboxylic acids is 1. The fraction of sp³-hybridized carbons (Fsp3) is 0.182. The van der Waals surface area contributed by atoms with Gasteiger partial charge in [-0.15, -0.1) is 0 Å². The minimum atomic E-state index is -4.74. The number of Topliss-reactive ketones (excluding diaryl/α,β-unsaturated/α-hetero) is 1. The molecule has 0 bridgehead atoms. The lowest BCUT2D eigenvalue weighted by atomic mass is 9.98. The molecule has 0 fully saturated rings. The molecule has 0 aliphatic carbocycles. The lowest BCUT2D eigenvalue weighted by molar-refractivity contribution is -0.144. The minimum absolute atomic E-state index is 0.138. The topological polar surface area (TPSA) is 85.7 Å². The summed E-state index contributed by atoms with van der Waals surface area (Å²) < 4.78 is 48.2. The molecule has 0 atom stereocenters.